The molecule has 1 unspecified atom stereocenters. The van der Waals surface area contributed by atoms with Crippen molar-refractivity contribution >= 4 is 5.69 Å². The predicted molar refractivity (Wildman–Crippen MR) is 76.5 cm³/mol. The highest BCUT2D eigenvalue weighted by molar-refractivity contribution is 5.49. The molecule has 3 heteroatoms. The predicted octanol–water partition coefficient (Wildman–Crippen LogP) is 2.52. The van der Waals surface area contributed by atoms with E-state index in [1.807, 2.05) is 6.92 Å². The zero-order valence-electron chi connectivity index (χ0n) is 11.5. The molecular weight excluding hydrogens is 224 g/mol. The van der Waals surface area contributed by atoms with Crippen molar-refractivity contribution in [3.8, 4) is 5.75 Å². The van der Waals surface area contributed by atoms with Crippen LogP contribution in [0.1, 0.15) is 20.3 Å². The molecule has 2 rings (SSSR count). The van der Waals surface area contributed by atoms with Gasteiger partial charge in [-0.25, -0.2) is 0 Å². The minimum atomic E-state index is 0.692. The summed E-state index contributed by atoms with van der Waals surface area (Å²) in [7, 11) is 0. The normalized spacial score (nSPS) is 21.2. The second-order valence-corrected chi connectivity index (χ2v) is 5.04. The SMILES string of the molecule is CCOc1ccc(N2CCCNCC(C)C2)cc1. The summed E-state index contributed by atoms with van der Waals surface area (Å²) in [5.41, 5.74) is 1.31. The van der Waals surface area contributed by atoms with Crippen LogP contribution in [0.5, 0.6) is 5.75 Å². The van der Waals surface area contributed by atoms with Gasteiger partial charge in [-0.1, -0.05) is 6.92 Å². The van der Waals surface area contributed by atoms with E-state index in [0.29, 0.717) is 5.92 Å². The zero-order chi connectivity index (χ0) is 12.8. The zero-order valence-corrected chi connectivity index (χ0v) is 11.5. The molecule has 18 heavy (non-hydrogen) atoms. The third-order valence-corrected chi connectivity index (χ3v) is 3.32. The van der Waals surface area contributed by atoms with Crippen LogP contribution in [-0.4, -0.2) is 32.8 Å². The number of rotatable bonds is 3. The maximum absolute atomic E-state index is 5.49. The van der Waals surface area contributed by atoms with E-state index in [0.717, 1.165) is 38.5 Å². The topological polar surface area (TPSA) is 24.5 Å². The van der Waals surface area contributed by atoms with Crippen molar-refractivity contribution in [3.05, 3.63) is 24.3 Å². The monoisotopic (exact) mass is 248 g/mol. The molecule has 0 aliphatic carbocycles. The van der Waals surface area contributed by atoms with Gasteiger partial charge in [0.25, 0.3) is 0 Å². The number of anilines is 1. The molecule has 0 saturated carbocycles. The third kappa shape index (κ3) is 3.64. The van der Waals surface area contributed by atoms with E-state index in [4.69, 9.17) is 4.74 Å². The fourth-order valence-corrected chi connectivity index (χ4v) is 2.43. The number of hydrogen-bond donors (Lipinski definition) is 1. The van der Waals surface area contributed by atoms with Crippen LogP contribution in [0, 0.1) is 5.92 Å². The quantitative estimate of drug-likeness (QED) is 0.889. The molecule has 100 valence electrons. The van der Waals surface area contributed by atoms with Crippen LogP contribution in [-0.2, 0) is 0 Å². The maximum atomic E-state index is 5.49. The van der Waals surface area contributed by atoms with Gasteiger partial charge in [-0.15, -0.1) is 0 Å². The summed E-state index contributed by atoms with van der Waals surface area (Å²) in [6, 6.07) is 8.49. The minimum absolute atomic E-state index is 0.692. The molecule has 0 spiro atoms. The average Bonchev–Trinajstić information content (AvgIpc) is 2.35. The molecule has 0 amide bonds. The molecule has 0 aromatic heterocycles. The van der Waals surface area contributed by atoms with Crippen LogP contribution in [0.25, 0.3) is 0 Å². The lowest BCUT2D eigenvalue weighted by Crippen LogP contribution is -2.38. The highest BCUT2D eigenvalue weighted by Gasteiger charge is 2.13. The number of nitrogens with one attached hydrogen (secondary N) is 1. The number of hydrogen-bond acceptors (Lipinski definition) is 3. The van der Waals surface area contributed by atoms with Gasteiger partial charge in [-0.2, -0.15) is 0 Å². The minimum Gasteiger partial charge on any atom is -0.494 e. The van der Waals surface area contributed by atoms with Crippen LogP contribution in [0.2, 0.25) is 0 Å². The average molecular weight is 248 g/mol. The van der Waals surface area contributed by atoms with Crippen molar-refractivity contribution < 1.29 is 4.74 Å². The second kappa shape index (κ2) is 6.64. The lowest BCUT2D eigenvalue weighted by atomic mass is 10.1. The Hall–Kier alpha value is -1.22. The van der Waals surface area contributed by atoms with Gasteiger partial charge in [0, 0.05) is 18.8 Å². The molecule has 1 fully saturated rings. The van der Waals surface area contributed by atoms with E-state index < -0.39 is 0 Å². The molecule has 1 aliphatic rings. The van der Waals surface area contributed by atoms with E-state index in [2.05, 4.69) is 41.4 Å². The third-order valence-electron chi connectivity index (χ3n) is 3.32. The molecule has 1 N–H and O–H groups in total. The molecular formula is C15H24N2O. The number of benzene rings is 1. The standard InChI is InChI=1S/C15H24N2O/c1-3-18-15-7-5-14(6-8-15)17-10-4-9-16-11-13(2)12-17/h5-8,13,16H,3-4,9-12H2,1-2H3. The van der Waals surface area contributed by atoms with E-state index in [9.17, 15) is 0 Å². The van der Waals surface area contributed by atoms with Gasteiger partial charge in [0.05, 0.1) is 6.61 Å². The van der Waals surface area contributed by atoms with Gasteiger partial charge in [-0.3, -0.25) is 0 Å². The summed E-state index contributed by atoms with van der Waals surface area (Å²) >= 11 is 0. The Morgan fingerprint density at radius 2 is 2.11 bits per heavy atom. The Kier molecular flexibility index (Phi) is 4.88. The fraction of sp³-hybridized carbons (Fsp3) is 0.600. The molecule has 1 aliphatic heterocycles. The Morgan fingerprint density at radius 3 is 2.83 bits per heavy atom. The first-order valence-electron chi connectivity index (χ1n) is 6.98. The van der Waals surface area contributed by atoms with Crippen LogP contribution in [0.3, 0.4) is 0 Å². The smallest absolute Gasteiger partial charge is 0.119 e. The number of ether oxygens (including phenoxy) is 1. The Bertz CT molecular complexity index is 350. The van der Waals surface area contributed by atoms with Crippen LogP contribution < -0.4 is 15.0 Å². The lowest BCUT2D eigenvalue weighted by Gasteiger charge is -2.30. The van der Waals surface area contributed by atoms with E-state index >= 15 is 0 Å². The van der Waals surface area contributed by atoms with Gasteiger partial charge < -0.3 is 15.0 Å². The first-order valence-corrected chi connectivity index (χ1v) is 6.98. The molecule has 1 atom stereocenters. The summed E-state index contributed by atoms with van der Waals surface area (Å²) in [5.74, 6) is 1.65. The number of nitrogens with zero attached hydrogens (tertiary/aromatic N) is 1. The molecule has 0 bridgehead atoms. The molecule has 1 saturated heterocycles. The Labute approximate surface area is 110 Å². The Balaban J connectivity index is 2.03. The van der Waals surface area contributed by atoms with Crippen molar-refractivity contribution in [2.45, 2.75) is 20.3 Å². The van der Waals surface area contributed by atoms with E-state index in [-0.39, 0.29) is 0 Å². The summed E-state index contributed by atoms with van der Waals surface area (Å²) in [5, 5.41) is 3.49. The van der Waals surface area contributed by atoms with Gasteiger partial charge in [-0.05, 0) is 56.6 Å². The second-order valence-electron chi connectivity index (χ2n) is 5.04. The summed E-state index contributed by atoms with van der Waals surface area (Å²) in [6.45, 7) is 9.55. The maximum Gasteiger partial charge on any atom is 0.119 e. The molecule has 0 radical (unpaired) electrons. The molecule has 1 aromatic carbocycles. The highest BCUT2D eigenvalue weighted by Crippen LogP contribution is 2.21. The van der Waals surface area contributed by atoms with E-state index in [1.54, 1.807) is 0 Å². The van der Waals surface area contributed by atoms with Gasteiger partial charge in [0.15, 0.2) is 0 Å². The van der Waals surface area contributed by atoms with Crippen LogP contribution in [0.4, 0.5) is 5.69 Å². The first-order chi connectivity index (χ1) is 8.79. The van der Waals surface area contributed by atoms with Crippen LogP contribution in [0.15, 0.2) is 24.3 Å². The van der Waals surface area contributed by atoms with Crippen molar-refractivity contribution in [3.63, 3.8) is 0 Å². The summed E-state index contributed by atoms with van der Waals surface area (Å²) < 4.78 is 5.49. The molecule has 3 nitrogen and oxygen atoms in total. The van der Waals surface area contributed by atoms with Gasteiger partial charge in [0.1, 0.15) is 5.75 Å². The van der Waals surface area contributed by atoms with Crippen molar-refractivity contribution in [2.24, 2.45) is 5.92 Å². The van der Waals surface area contributed by atoms with E-state index in [1.165, 1.54) is 12.1 Å². The molecule has 1 aromatic rings. The van der Waals surface area contributed by atoms with Crippen molar-refractivity contribution in [2.75, 3.05) is 37.7 Å². The Morgan fingerprint density at radius 1 is 1.33 bits per heavy atom. The van der Waals surface area contributed by atoms with Gasteiger partial charge >= 0.3 is 0 Å². The first kappa shape index (κ1) is 13.2. The highest BCUT2D eigenvalue weighted by atomic mass is 16.5. The van der Waals surface area contributed by atoms with Crippen LogP contribution >= 0.6 is 0 Å². The van der Waals surface area contributed by atoms with Crippen molar-refractivity contribution in [1.29, 1.82) is 0 Å². The largest absolute Gasteiger partial charge is 0.494 e. The fourth-order valence-electron chi connectivity index (χ4n) is 2.43. The summed E-state index contributed by atoms with van der Waals surface area (Å²) in [6.07, 6.45) is 1.21. The summed E-state index contributed by atoms with van der Waals surface area (Å²) in [4.78, 5) is 2.49. The van der Waals surface area contributed by atoms with Gasteiger partial charge in [0.2, 0.25) is 0 Å². The lowest BCUT2D eigenvalue weighted by molar-refractivity contribution is 0.340. The van der Waals surface area contributed by atoms with Crippen molar-refractivity contribution in [1.82, 2.24) is 5.32 Å². The molecule has 1 heterocycles.